The molecule has 0 unspecified atom stereocenters. The molecule has 0 aliphatic carbocycles. The predicted molar refractivity (Wildman–Crippen MR) is 108 cm³/mol. The van der Waals surface area contributed by atoms with Crippen LogP contribution in [-0.4, -0.2) is 38.5 Å². The summed E-state index contributed by atoms with van der Waals surface area (Å²) < 4.78 is 30.0. The number of rotatable bonds is 7. The number of likely N-dealkylation sites (N-methyl/N-ethyl adjacent to an activating group) is 1. The average molecular weight is 372 g/mol. The molecule has 0 bridgehead atoms. The van der Waals surface area contributed by atoms with Crippen LogP contribution in [0.1, 0.15) is 11.1 Å². The Morgan fingerprint density at radius 3 is 2.58 bits per heavy atom. The molecule has 2 aromatic carbocycles. The highest BCUT2D eigenvalue weighted by atomic mass is 32.2. The van der Waals surface area contributed by atoms with E-state index in [-0.39, 0.29) is 5.75 Å². The molecule has 3 aromatic rings. The Balaban J connectivity index is 1.81. The standard InChI is InChI=1S/C20H25N3O2S/c1-16-6-4-5-7-18(16)15-26(24,25)21-19-9-8-17-10-11-23(20(17)14-19)13-12-22(2)3/h4-11,14,21H,12-13,15H2,1-3H3. The van der Waals surface area contributed by atoms with Crippen molar-refractivity contribution < 1.29 is 8.42 Å². The fraction of sp³-hybridized carbons (Fsp3) is 0.300. The largest absolute Gasteiger partial charge is 0.346 e. The topological polar surface area (TPSA) is 54.3 Å². The highest BCUT2D eigenvalue weighted by Gasteiger charge is 2.14. The van der Waals surface area contributed by atoms with Crippen molar-refractivity contribution in [2.75, 3.05) is 25.4 Å². The third-order valence-electron chi connectivity index (χ3n) is 4.44. The average Bonchev–Trinajstić information content (AvgIpc) is 2.97. The van der Waals surface area contributed by atoms with E-state index in [1.807, 2.05) is 69.7 Å². The van der Waals surface area contributed by atoms with Crippen LogP contribution in [0, 0.1) is 6.92 Å². The van der Waals surface area contributed by atoms with E-state index >= 15 is 0 Å². The van der Waals surface area contributed by atoms with Gasteiger partial charge in [0.2, 0.25) is 10.0 Å². The van der Waals surface area contributed by atoms with E-state index in [2.05, 4.69) is 20.3 Å². The van der Waals surface area contributed by atoms with Gasteiger partial charge in [0.1, 0.15) is 0 Å². The first kappa shape index (κ1) is 18.5. The molecule has 0 saturated carbocycles. The number of hydrogen-bond donors (Lipinski definition) is 1. The molecular formula is C20H25N3O2S. The van der Waals surface area contributed by atoms with E-state index in [1.54, 1.807) is 0 Å². The van der Waals surface area contributed by atoms with Crippen molar-refractivity contribution in [2.24, 2.45) is 0 Å². The summed E-state index contributed by atoms with van der Waals surface area (Å²) in [5.74, 6) is -0.0284. The summed E-state index contributed by atoms with van der Waals surface area (Å²) in [5.41, 5.74) is 3.42. The maximum atomic E-state index is 12.6. The highest BCUT2D eigenvalue weighted by molar-refractivity contribution is 7.91. The van der Waals surface area contributed by atoms with Gasteiger partial charge in [-0.3, -0.25) is 4.72 Å². The smallest absolute Gasteiger partial charge is 0.236 e. The maximum absolute atomic E-state index is 12.6. The molecule has 0 radical (unpaired) electrons. The van der Waals surface area contributed by atoms with Gasteiger partial charge >= 0.3 is 0 Å². The highest BCUT2D eigenvalue weighted by Crippen LogP contribution is 2.22. The quantitative estimate of drug-likeness (QED) is 0.692. The van der Waals surface area contributed by atoms with Gasteiger partial charge in [-0.15, -0.1) is 0 Å². The number of nitrogens with one attached hydrogen (secondary N) is 1. The Bertz CT molecular complexity index is 1010. The van der Waals surface area contributed by atoms with Crippen molar-refractivity contribution in [3.63, 3.8) is 0 Å². The summed E-state index contributed by atoms with van der Waals surface area (Å²) in [5, 5.41) is 1.10. The summed E-state index contributed by atoms with van der Waals surface area (Å²) in [6.45, 7) is 3.71. The Labute approximate surface area is 155 Å². The summed E-state index contributed by atoms with van der Waals surface area (Å²) in [7, 11) is 0.609. The third kappa shape index (κ3) is 4.45. The van der Waals surface area contributed by atoms with Crippen LogP contribution < -0.4 is 4.72 Å². The van der Waals surface area contributed by atoms with E-state index in [4.69, 9.17) is 0 Å². The minimum Gasteiger partial charge on any atom is -0.346 e. The van der Waals surface area contributed by atoms with E-state index in [0.717, 1.165) is 35.1 Å². The monoisotopic (exact) mass is 371 g/mol. The van der Waals surface area contributed by atoms with Crippen molar-refractivity contribution >= 4 is 26.6 Å². The zero-order valence-electron chi connectivity index (χ0n) is 15.4. The van der Waals surface area contributed by atoms with E-state index < -0.39 is 10.0 Å². The van der Waals surface area contributed by atoms with Crippen molar-refractivity contribution in [3.05, 3.63) is 65.9 Å². The van der Waals surface area contributed by atoms with Crippen LogP contribution in [-0.2, 0) is 22.3 Å². The summed E-state index contributed by atoms with van der Waals surface area (Å²) in [6.07, 6.45) is 2.04. The number of fused-ring (bicyclic) bond motifs is 1. The molecule has 0 aliphatic rings. The molecule has 5 nitrogen and oxygen atoms in total. The molecule has 0 atom stereocenters. The predicted octanol–water partition coefficient (Wildman–Crippen LogP) is 3.45. The normalized spacial score (nSPS) is 12.0. The van der Waals surface area contributed by atoms with Crippen molar-refractivity contribution in [1.82, 2.24) is 9.47 Å². The molecule has 138 valence electrons. The van der Waals surface area contributed by atoms with Gasteiger partial charge in [0.05, 0.1) is 17.0 Å². The van der Waals surface area contributed by atoms with E-state index in [0.29, 0.717) is 5.69 Å². The molecule has 26 heavy (non-hydrogen) atoms. The zero-order chi connectivity index (χ0) is 18.7. The number of anilines is 1. The van der Waals surface area contributed by atoms with Gasteiger partial charge < -0.3 is 9.47 Å². The lowest BCUT2D eigenvalue weighted by Gasteiger charge is -2.13. The van der Waals surface area contributed by atoms with Crippen LogP contribution in [0.2, 0.25) is 0 Å². The van der Waals surface area contributed by atoms with Crippen LogP contribution in [0.15, 0.2) is 54.7 Å². The zero-order valence-corrected chi connectivity index (χ0v) is 16.3. The first-order valence-corrected chi connectivity index (χ1v) is 10.3. The third-order valence-corrected chi connectivity index (χ3v) is 5.68. The van der Waals surface area contributed by atoms with Gasteiger partial charge in [-0.1, -0.05) is 30.3 Å². The van der Waals surface area contributed by atoms with Crippen LogP contribution in [0.25, 0.3) is 10.9 Å². The molecule has 3 rings (SSSR count). The fourth-order valence-corrected chi connectivity index (χ4v) is 4.23. The molecule has 0 fully saturated rings. The molecule has 1 aromatic heterocycles. The van der Waals surface area contributed by atoms with E-state index in [1.165, 1.54) is 0 Å². The Kier molecular flexibility index (Phi) is 5.34. The molecule has 0 saturated heterocycles. The second-order valence-electron chi connectivity index (χ2n) is 6.87. The van der Waals surface area contributed by atoms with Crippen LogP contribution >= 0.6 is 0 Å². The number of sulfonamides is 1. The second kappa shape index (κ2) is 7.51. The number of aryl methyl sites for hydroxylation is 1. The number of nitrogens with zero attached hydrogens (tertiary/aromatic N) is 2. The summed E-state index contributed by atoms with van der Waals surface area (Å²) in [4.78, 5) is 2.13. The number of hydrogen-bond acceptors (Lipinski definition) is 3. The maximum Gasteiger partial charge on any atom is 0.236 e. The molecular weight excluding hydrogens is 346 g/mol. The second-order valence-corrected chi connectivity index (χ2v) is 8.60. The molecule has 0 spiro atoms. The lowest BCUT2D eigenvalue weighted by Crippen LogP contribution is -2.18. The molecule has 1 heterocycles. The van der Waals surface area contributed by atoms with Gasteiger partial charge in [0.15, 0.2) is 0 Å². The first-order valence-electron chi connectivity index (χ1n) is 8.63. The summed E-state index contributed by atoms with van der Waals surface area (Å²) in [6, 6.07) is 15.3. The summed E-state index contributed by atoms with van der Waals surface area (Å²) >= 11 is 0. The van der Waals surface area contributed by atoms with Crippen LogP contribution in [0.5, 0.6) is 0 Å². The fourth-order valence-electron chi connectivity index (χ4n) is 2.94. The Hall–Kier alpha value is -2.31. The van der Waals surface area contributed by atoms with Crippen molar-refractivity contribution in [3.8, 4) is 0 Å². The SMILES string of the molecule is Cc1ccccc1CS(=O)(=O)Nc1ccc2ccn(CCN(C)C)c2c1. The molecule has 6 heteroatoms. The molecule has 0 amide bonds. The molecule has 0 aliphatic heterocycles. The van der Waals surface area contributed by atoms with Gasteiger partial charge in [-0.2, -0.15) is 0 Å². The first-order chi connectivity index (χ1) is 12.3. The minimum absolute atomic E-state index is 0.0284. The lowest BCUT2D eigenvalue weighted by atomic mass is 10.1. The van der Waals surface area contributed by atoms with Crippen LogP contribution in [0.4, 0.5) is 5.69 Å². The van der Waals surface area contributed by atoms with Gasteiger partial charge in [-0.05, 0) is 55.7 Å². The Morgan fingerprint density at radius 2 is 1.85 bits per heavy atom. The van der Waals surface area contributed by atoms with Crippen LogP contribution in [0.3, 0.4) is 0 Å². The minimum atomic E-state index is -3.47. The molecule has 1 N–H and O–H groups in total. The Morgan fingerprint density at radius 1 is 1.08 bits per heavy atom. The van der Waals surface area contributed by atoms with E-state index in [9.17, 15) is 8.42 Å². The van der Waals surface area contributed by atoms with Gasteiger partial charge in [-0.25, -0.2) is 8.42 Å². The number of aromatic nitrogens is 1. The lowest BCUT2D eigenvalue weighted by molar-refractivity contribution is 0.387. The van der Waals surface area contributed by atoms with Crippen molar-refractivity contribution in [2.45, 2.75) is 19.2 Å². The van der Waals surface area contributed by atoms with Crippen molar-refractivity contribution in [1.29, 1.82) is 0 Å². The number of benzene rings is 2. The van der Waals surface area contributed by atoms with Gasteiger partial charge in [0, 0.05) is 19.3 Å². The van der Waals surface area contributed by atoms with Gasteiger partial charge in [0.25, 0.3) is 0 Å².